The third-order valence-corrected chi connectivity index (χ3v) is 9.89. The van der Waals surface area contributed by atoms with Gasteiger partial charge in [-0.2, -0.15) is 0 Å². The Morgan fingerprint density at radius 3 is 2.52 bits per heavy atom. The zero-order valence-corrected chi connectivity index (χ0v) is 20.3. The first kappa shape index (κ1) is 22.9. The highest BCUT2D eigenvalue weighted by atomic mass is 16.5. The smallest absolute Gasteiger partial charge is 0.305 e. The predicted molar refractivity (Wildman–Crippen MR) is 128 cm³/mol. The summed E-state index contributed by atoms with van der Waals surface area (Å²) in [6.45, 7) is 2.25. The third kappa shape index (κ3) is 4.59. The monoisotopic (exact) mass is 452 g/mol. The van der Waals surface area contributed by atoms with Crippen LogP contribution in [-0.2, 0) is 14.3 Å². The van der Waals surface area contributed by atoms with Gasteiger partial charge in [0.25, 0.3) is 0 Å². The number of ether oxygens (including phenoxy) is 2. The third-order valence-electron chi connectivity index (χ3n) is 9.89. The molecule has 4 heteroatoms. The Kier molecular flexibility index (Phi) is 6.81. The fraction of sp³-hybridized carbons (Fsp3) is 0.724. The number of hydrogen-bond donors (Lipinski definition) is 0. The first-order chi connectivity index (χ1) is 16.0. The minimum absolute atomic E-state index is 0.128. The van der Waals surface area contributed by atoms with Crippen LogP contribution in [0.2, 0.25) is 0 Å². The van der Waals surface area contributed by atoms with Crippen molar-refractivity contribution in [2.24, 2.45) is 47.3 Å². The van der Waals surface area contributed by atoms with Crippen LogP contribution in [0.25, 0.3) is 0 Å². The largest absolute Gasteiger partial charge is 0.490 e. The summed E-state index contributed by atoms with van der Waals surface area (Å²) in [7, 11) is 1.46. The summed E-state index contributed by atoms with van der Waals surface area (Å²) in [6.07, 6.45) is 10.9. The van der Waals surface area contributed by atoms with Crippen molar-refractivity contribution in [3.05, 3.63) is 30.3 Å². The summed E-state index contributed by atoms with van der Waals surface area (Å²) in [5.41, 5.74) is 0. The zero-order valence-electron chi connectivity index (χ0n) is 20.3. The number of rotatable bonds is 6. The van der Waals surface area contributed by atoms with Crippen molar-refractivity contribution in [2.75, 3.05) is 7.11 Å². The molecule has 1 aromatic carbocycles. The molecule has 4 aliphatic rings. The highest BCUT2D eigenvalue weighted by Crippen LogP contribution is 2.59. The molecule has 4 fully saturated rings. The molecule has 0 N–H and O–H groups in total. The molecule has 0 unspecified atom stereocenters. The van der Waals surface area contributed by atoms with E-state index in [0.717, 1.165) is 43.8 Å². The van der Waals surface area contributed by atoms with Gasteiger partial charge >= 0.3 is 5.97 Å². The van der Waals surface area contributed by atoms with Gasteiger partial charge < -0.3 is 9.47 Å². The maximum absolute atomic E-state index is 13.5. The van der Waals surface area contributed by atoms with Crippen molar-refractivity contribution in [1.82, 2.24) is 0 Å². The molecule has 0 saturated heterocycles. The van der Waals surface area contributed by atoms with E-state index in [1.54, 1.807) is 0 Å². The van der Waals surface area contributed by atoms with Crippen LogP contribution in [0, 0.1) is 47.3 Å². The fourth-order valence-electron chi connectivity index (χ4n) is 8.40. The normalized spacial score (nSPS) is 38.5. The van der Waals surface area contributed by atoms with E-state index >= 15 is 0 Å². The van der Waals surface area contributed by atoms with Gasteiger partial charge in [0.05, 0.1) is 13.2 Å². The molecule has 0 heterocycles. The lowest BCUT2D eigenvalue weighted by Gasteiger charge is -2.52. The standard InChI is InChI=1S/C29H40O4/c1-18(8-15-28(31)32-2)22-13-14-25-24-11-9-19-16-21(33-20-6-4-3-5-7-20)10-12-23(19)26(24)17-27(30)29(22)25/h3-7,18-19,21-26,29H,8-17H2,1-2H3/t18-,19+,21+,22-,23-,24-,25+,26-,29+/m0/s1. The van der Waals surface area contributed by atoms with Crippen molar-refractivity contribution < 1.29 is 19.1 Å². The first-order valence-electron chi connectivity index (χ1n) is 13.4. The van der Waals surface area contributed by atoms with Gasteiger partial charge in [0.15, 0.2) is 0 Å². The predicted octanol–water partition coefficient (Wildman–Crippen LogP) is 6.08. The molecule has 9 atom stereocenters. The molecule has 0 aromatic heterocycles. The van der Waals surface area contributed by atoms with Crippen LogP contribution in [-0.4, -0.2) is 25.0 Å². The molecule has 0 radical (unpaired) electrons. The van der Waals surface area contributed by atoms with Crippen molar-refractivity contribution in [1.29, 1.82) is 0 Å². The van der Waals surface area contributed by atoms with Crippen molar-refractivity contribution in [3.63, 3.8) is 0 Å². The molecule has 0 aliphatic heterocycles. The van der Waals surface area contributed by atoms with Crippen molar-refractivity contribution in [3.8, 4) is 5.75 Å². The van der Waals surface area contributed by atoms with Gasteiger partial charge in [0.2, 0.25) is 0 Å². The Morgan fingerprint density at radius 2 is 1.73 bits per heavy atom. The minimum Gasteiger partial charge on any atom is -0.490 e. The highest BCUT2D eigenvalue weighted by molar-refractivity contribution is 5.83. The van der Waals surface area contributed by atoms with Gasteiger partial charge in [-0.3, -0.25) is 9.59 Å². The number of methoxy groups -OCH3 is 1. The summed E-state index contributed by atoms with van der Waals surface area (Å²) in [4.78, 5) is 25.1. The van der Waals surface area contributed by atoms with Gasteiger partial charge in [-0.15, -0.1) is 0 Å². The van der Waals surface area contributed by atoms with Crippen LogP contribution < -0.4 is 4.74 Å². The Morgan fingerprint density at radius 1 is 0.970 bits per heavy atom. The van der Waals surface area contributed by atoms with E-state index in [4.69, 9.17) is 9.47 Å². The molecule has 1 aromatic rings. The van der Waals surface area contributed by atoms with Crippen LogP contribution in [0.4, 0.5) is 0 Å². The van der Waals surface area contributed by atoms with Gasteiger partial charge in [0, 0.05) is 18.8 Å². The lowest BCUT2D eigenvalue weighted by Crippen LogP contribution is -2.49. The second kappa shape index (κ2) is 9.80. The second-order valence-electron chi connectivity index (χ2n) is 11.4. The Labute approximate surface area is 198 Å². The van der Waals surface area contributed by atoms with E-state index in [9.17, 15) is 9.59 Å². The molecule has 4 saturated carbocycles. The number of carbonyl (C=O) groups excluding carboxylic acids is 2. The van der Waals surface area contributed by atoms with Gasteiger partial charge in [-0.25, -0.2) is 0 Å². The second-order valence-corrected chi connectivity index (χ2v) is 11.4. The Balaban J connectivity index is 1.22. The van der Waals surface area contributed by atoms with Crippen LogP contribution in [0.3, 0.4) is 0 Å². The van der Waals surface area contributed by atoms with Gasteiger partial charge in [-0.05, 0) is 105 Å². The number of Topliss-reactive ketones (excluding diaryl/α,β-unsaturated/α-hetero) is 1. The summed E-state index contributed by atoms with van der Waals surface area (Å²) < 4.78 is 11.2. The fourth-order valence-corrected chi connectivity index (χ4v) is 8.40. The molecule has 33 heavy (non-hydrogen) atoms. The van der Waals surface area contributed by atoms with E-state index in [0.29, 0.717) is 53.8 Å². The van der Waals surface area contributed by atoms with Crippen LogP contribution in [0.15, 0.2) is 30.3 Å². The van der Waals surface area contributed by atoms with Crippen molar-refractivity contribution >= 4 is 11.8 Å². The van der Waals surface area contributed by atoms with Crippen LogP contribution in [0.1, 0.15) is 71.1 Å². The van der Waals surface area contributed by atoms with E-state index in [-0.39, 0.29) is 11.9 Å². The van der Waals surface area contributed by atoms with E-state index in [1.165, 1.54) is 32.8 Å². The Bertz CT molecular complexity index is 835. The molecular formula is C29H40O4. The number of esters is 1. The molecule has 0 bridgehead atoms. The molecule has 5 rings (SSSR count). The molecule has 0 spiro atoms. The van der Waals surface area contributed by atoms with Gasteiger partial charge in [0.1, 0.15) is 11.5 Å². The van der Waals surface area contributed by atoms with Crippen LogP contribution >= 0.6 is 0 Å². The first-order valence-corrected chi connectivity index (χ1v) is 13.4. The summed E-state index contributed by atoms with van der Waals surface area (Å²) in [5, 5.41) is 0. The number of carbonyl (C=O) groups is 2. The lowest BCUT2D eigenvalue weighted by molar-refractivity contribution is -0.141. The maximum atomic E-state index is 13.5. The quantitative estimate of drug-likeness (QED) is 0.491. The molecule has 4 aliphatic carbocycles. The zero-order chi connectivity index (χ0) is 22.9. The number of hydrogen-bond acceptors (Lipinski definition) is 4. The summed E-state index contributed by atoms with van der Waals surface area (Å²) in [6, 6.07) is 10.2. The molecule has 180 valence electrons. The summed E-state index contributed by atoms with van der Waals surface area (Å²) >= 11 is 0. The highest BCUT2D eigenvalue weighted by Gasteiger charge is 2.55. The minimum atomic E-state index is -0.128. The average Bonchev–Trinajstić information content (AvgIpc) is 3.29. The molecule has 4 nitrogen and oxygen atoms in total. The lowest BCUT2D eigenvalue weighted by atomic mass is 9.52. The summed E-state index contributed by atoms with van der Waals surface area (Å²) in [5.74, 6) is 5.86. The van der Waals surface area contributed by atoms with E-state index < -0.39 is 0 Å². The average molecular weight is 453 g/mol. The van der Waals surface area contributed by atoms with E-state index in [2.05, 4.69) is 19.1 Å². The number of benzene rings is 1. The number of para-hydroxylation sites is 1. The van der Waals surface area contributed by atoms with Gasteiger partial charge in [-0.1, -0.05) is 25.1 Å². The SMILES string of the molecule is COC(=O)CC[C@H](C)[C@@H]1CC[C@@H]2[C@@H]3CC[C@@H]4C[C@H](Oc5ccccc5)CC[C@@H]4[C@@H]3CC(=O)[C@@H]21. The topological polar surface area (TPSA) is 52.6 Å². The molecular weight excluding hydrogens is 412 g/mol. The number of fused-ring (bicyclic) bond motifs is 5. The van der Waals surface area contributed by atoms with Crippen LogP contribution in [0.5, 0.6) is 5.75 Å². The Hall–Kier alpha value is -1.84. The van der Waals surface area contributed by atoms with E-state index in [1.807, 2.05) is 18.2 Å². The maximum Gasteiger partial charge on any atom is 0.305 e. The molecule has 0 amide bonds. The number of ketones is 1. The van der Waals surface area contributed by atoms with Crippen molar-refractivity contribution in [2.45, 2.75) is 77.2 Å².